The first-order valence-electron chi connectivity index (χ1n) is 15.9. The molecular formula is C35H50O6. The SMILES string of the molecule is CCCC(=O)OC[C@]1(C)C=C(C=O)[C@@]2(C)[C@H]1CC[C@]1(C)[C@@H]2C(=O)C=C2[C@@H]3[C@@H](C)[C@H](C)CC[C@]3(C(=O)OC)CC[C@]21C. The van der Waals surface area contributed by atoms with E-state index in [0.717, 1.165) is 56.8 Å². The molecule has 10 atom stereocenters. The minimum absolute atomic E-state index is 0.0107. The number of methoxy groups -OCH3 is 1. The number of hydrogen-bond acceptors (Lipinski definition) is 6. The van der Waals surface area contributed by atoms with Crippen LogP contribution in [0.15, 0.2) is 23.3 Å². The van der Waals surface area contributed by atoms with Crippen LogP contribution in [-0.2, 0) is 28.7 Å². The molecule has 41 heavy (non-hydrogen) atoms. The van der Waals surface area contributed by atoms with E-state index in [1.807, 2.05) is 19.1 Å². The van der Waals surface area contributed by atoms with Gasteiger partial charge in [0.2, 0.25) is 0 Å². The van der Waals surface area contributed by atoms with Crippen LogP contribution >= 0.6 is 0 Å². The van der Waals surface area contributed by atoms with E-state index in [1.165, 1.54) is 7.11 Å². The second-order valence-electron chi connectivity index (χ2n) is 15.2. The van der Waals surface area contributed by atoms with E-state index in [4.69, 9.17) is 9.47 Å². The average Bonchev–Trinajstić information content (AvgIpc) is 3.16. The predicted molar refractivity (Wildman–Crippen MR) is 156 cm³/mol. The largest absolute Gasteiger partial charge is 0.469 e. The third kappa shape index (κ3) is 3.87. The standard InChI is InChI=1S/C35H50O6/c1-9-10-27(38)41-20-31(4)18-23(19-36)34(7)26(31)12-13-33(6)29(34)25(37)17-24-28-22(3)21(2)11-14-35(28,30(39)40-8)16-15-32(24,33)5/h17-19,21-22,26,28-29H,9-16,20H2,1-8H3/t21-,22+,26+,28+,29+,31+,32-,33-,34+,35+/m1/s1. The Morgan fingerprint density at radius 2 is 1.76 bits per heavy atom. The van der Waals surface area contributed by atoms with Crippen molar-refractivity contribution < 1.29 is 28.7 Å². The van der Waals surface area contributed by atoms with Crippen molar-refractivity contribution in [2.75, 3.05) is 13.7 Å². The van der Waals surface area contributed by atoms with Crippen molar-refractivity contribution in [3.8, 4) is 0 Å². The third-order valence-corrected chi connectivity index (χ3v) is 13.5. The average molecular weight is 567 g/mol. The van der Waals surface area contributed by atoms with Crippen LogP contribution in [-0.4, -0.2) is 37.7 Å². The summed E-state index contributed by atoms with van der Waals surface area (Å²) in [4.78, 5) is 53.1. The minimum Gasteiger partial charge on any atom is -0.469 e. The molecular weight excluding hydrogens is 516 g/mol. The van der Waals surface area contributed by atoms with E-state index in [1.54, 1.807) is 0 Å². The molecule has 3 fully saturated rings. The zero-order valence-corrected chi connectivity index (χ0v) is 26.4. The molecule has 0 saturated heterocycles. The number of carbonyl (C=O) groups excluding carboxylic acids is 4. The summed E-state index contributed by atoms with van der Waals surface area (Å²) in [6.07, 6.45) is 11.0. The zero-order chi connectivity index (χ0) is 30.2. The molecule has 0 radical (unpaired) electrons. The zero-order valence-electron chi connectivity index (χ0n) is 26.4. The Bertz CT molecular complexity index is 1210. The van der Waals surface area contributed by atoms with Crippen LogP contribution in [0.3, 0.4) is 0 Å². The highest BCUT2D eigenvalue weighted by molar-refractivity contribution is 5.97. The fourth-order valence-corrected chi connectivity index (χ4v) is 11.0. The molecule has 0 aliphatic heterocycles. The summed E-state index contributed by atoms with van der Waals surface area (Å²) in [6, 6.07) is 0. The molecule has 226 valence electrons. The van der Waals surface area contributed by atoms with Gasteiger partial charge in [-0.3, -0.25) is 19.2 Å². The number of aldehydes is 1. The molecule has 6 heteroatoms. The first kappa shape index (κ1) is 30.2. The third-order valence-electron chi connectivity index (χ3n) is 13.5. The van der Waals surface area contributed by atoms with Crippen molar-refractivity contribution >= 4 is 24.0 Å². The lowest BCUT2D eigenvalue weighted by Gasteiger charge is -2.68. The number of rotatable bonds is 6. The van der Waals surface area contributed by atoms with Crippen LogP contribution < -0.4 is 0 Å². The van der Waals surface area contributed by atoms with Crippen LogP contribution in [0.5, 0.6) is 0 Å². The van der Waals surface area contributed by atoms with Gasteiger partial charge >= 0.3 is 11.9 Å². The van der Waals surface area contributed by atoms with Crippen LogP contribution in [0.2, 0.25) is 0 Å². The second kappa shape index (κ2) is 9.91. The number of hydrogen-bond donors (Lipinski definition) is 0. The predicted octanol–water partition coefficient (Wildman–Crippen LogP) is 6.66. The Kier molecular flexibility index (Phi) is 7.30. The monoisotopic (exact) mass is 566 g/mol. The lowest BCUT2D eigenvalue weighted by molar-refractivity contribution is -0.180. The van der Waals surface area contributed by atoms with Crippen molar-refractivity contribution in [2.24, 2.45) is 56.7 Å². The van der Waals surface area contributed by atoms with E-state index in [0.29, 0.717) is 17.9 Å². The van der Waals surface area contributed by atoms with Crippen molar-refractivity contribution in [1.82, 2.24) is 0 Å². The number of ketones is 1. The Labute approximate surface area is 246 Å². The molecule has 5 aliphatic rings. The molecule has 0 spiro atoms. The molecule has 0 amide bonds. The molecule has 5 rings (SSSR count). The van der Waals surface area contributed by atoms with Crippen molar-refractivity contribution in [1.29, 1.82) is 0 Å². The van der Waals surface area contributed by atoms with E-state index < -0.39 is 16.2 Å². The number of ether oxygens (including phenoxy) is 2. The lowest BCUT2D eigenvalue weighted by atomic mass is 9.34. The van der Waals surface area contributed by atoms with Gasteiger partial charge in [0.05, 0.1) is 12.5 Å². The molecule has 6 nitrogen and oxygen atoms in total. The van der Waals surface area contributed by atoms with Gasteiger partial charge in [0.25, 0.3) is 0 Å². The highest BCUT2D eigenvalue weighted by Crippen LogP contribution is 2.75. The van der Waals surface area contributed by atoms with E-state index in [9.17, 15) is 19.2 Å². The number of carbonyl (C=O) groups is 4. The number of esters is 2. The maximum Gasteiger partial charge on any atom is 0.312 e. The molecule has 0 bridgehead atoms. The molecule has 0 aromatic carbocycles. The van der Waals surface area contributed by atoms with Gasteiger partial charge in [0, 0.05) is 23.2 Å². The van der Waals surface area contributed by atoms with Gasteiger partial charge in [0.1, 0.15) is 12.9 Å². The summed E-state index contributed by atoms with van der Waals surface area (Å²) in [6.45, 7) is 15.5. The number of fused-ring (bicyclic) bond motifs is 7. The van der Waals surface area contributed by atoms with E-state index >= 15 is 0 Å². The van der Waals surface area contributed by atoms with Gasteiger partial charge < -0.3 is 9.47 Å². The fourth-order valence-electron chi connectivity index (χ4n) is 11.0. The molecule has 5 aliphatic carbocycles. The lowest BCUT2D eigenvalue weighted by Crippen LogP contribution is -2.65. The van der Waals surface area contributed by atoms with Gasteiger partial charge in [-0.05, 0) is 91.1 Å². The van der Waals surface area contributed by atoms with Crippen molar-refractivity contribution in [2.45, 2.75) is 99.8 Å². The number of allylic oxidation sites excluding steroid dienone is 3. The van der Waals surface area contributed by atoms with Crippen LogP contribution in [0.25, 0.3) is 0 Å². The summed E-state index contributed by atoms with van der Waals surface area (Å²) in [5, 5.41) is 0. The molecule has 0 aromatic heterocycles. The Hall–Kier alpha value is -2.24. The maximum atomic E-state index is 14.6. The Balaban J connectivity index is 1.61. The first-order chi connectivity index (χ1) is 19.2. The van der Waals surface area contributed by atoms with Gasteiger partial charge in [-0.15, -0.1) is 0 Å². The molecule has 0 unspecified atom stereocenters. The Morgan fingerprint density at radius 3 is 2.39 bits per heavy atom. The Morgan fingerprint density at radius 1 is 1.05 bits per heavy atom. The van der Waals surface area contributed by atoms with Gasteiger partial charge in [0.15, 0.2) is 5.78 Å². The second-order valence-corrected chi connectivity index (χ2v) is 15.2. The summed E-state index contributed by atoms with van der Waals surface area (Å²) < 4.78 is 11.2. The maximum absolute atomic E-state index is 14.6. The highest BCUT2D eigenvalue weighted by Gasteiger charge is 2.72. The summed E-state index contributed by atoms with van der Waals surface area (Å²) in [5.74, 6) is 0.0542. The van der Waals surface area contributed by atoms with Gasteiger partial charge in [-0.1, -0.05) is 60.1 Å². The van der Waals surface area contributed by atoms with Gasteiger partial charge in [-0.25, -0.2) is 0 Å². The smallest absolute Gasteiger partial charge is 0.312 e. The van der Waals surface area contributed by atoms with E-state index in [2.05, 4.69) is 41.5 Å². The van der Waals surface area contributed by atoms with E-state index in [-0.39, 0.29) is 58.8 Å². The summed E-state index contributed by atoms with van der Waals surface area (Å²) in [5.41, 5.74) is -0.613. The van der Waals surface area contributed by atoms with Crippen molar-refractivity contribution in [3.63, 3.8) is 0 Å². The normalized spacial score (nSPS) is 46.6. The van der Waals surface area contributed by atoms with Crippen molar-refractivity contribution in [3.05, 3.63) is 23.3 Å². The highest BCUT2D eigenvalue weighted by atomic mass is 16.5. The summed E-state index contributed by atoms with van der Waals surface area (Å²) >= 11 is 0. The van der Waals surface area contributed by atoms with Crippen LogP contribution in [0.4, 0.5) is 0 Å². The van der Waals surface area contributed by atoms with Crippen LogP contribution in [0.1, 0.15) is 99.8 Å². The molecule has 0 aromatic rings. The van der Waals surface area contributed by atoms with Crippen LogP contribution in [0, 0.1) is 56.7 Å². The minimum atomic E-state index is -0.662. The topological polar surface area (TPSA) is 86.7 Å². The molecule has 0 heterocycles. The first-order valence-corrected chi connectivity index (χ1v) is 15.9. The molecule has 0 N–H and O–H groups in total. The molecule has 3 saturated carbocycles. The fraction of sp³-hybridized carbons (Fsp3) is 0.771. The van der Waals surface area contributed by atoms with Gasteiger partial charge in [-0.2, -0.15) is 0 Å². The quantitative estimate of drug-likeness (QED) is 0.264. The summed E-state index contributed by atoms with van der Waals surface area (Å²) in [7, 11) is 1.49.